The van der Waals surface area contributed by atoms with E-state index in [1.807, 2.05) is 11.4 Å². The van der Waals surface area contributed by atoms with Crippen LogP contribution in [0.4, 0.5) is 0 Å². The Labute approximate surface area is 164 Å². The number of hydrogen-bond acceptors (Lipinski definition) is 6. The Morgan fingerprint density at radius 1 is 1.22 bits per heavy atom. The highest BCUT2D eigenvalue weighted by Crippen LogP contribution is 2.27. The molecule has 0 bridgehead atoms. The van der Waals surface area contributed by atoms with Crippen molar-refractivity contribution >= 4 is 28.1 Å². The molecule has 0 aliphatic heterocycles. The number of aryl methyl sites for hydroxylation is 1. The normalized spacial score (nSPS) is 11.3. The quantitative estimate of drug-likeness (QED) is 0.460. The third kappa shape index (κ3) is 3.68. The van der Waals surface area contributed by atoms with Crippen LogP contribution in [-0.2, 0) is 12.3 Å². The molecular weight excluding hydrogens is 378 g/mol. The molecule has 0 spiro atoms. The summed E-state index contributed by atoms with van der Waals surface area (Å²) in [6, 6.07) is 9.89. The number of fused-ring (bicyclic) bond motifs is 1. The summed E-state index contributed by atoms with van der Waals surface area (Å²) in [6.45, 7) is 5.06. The van der Waals surface area contributed by atoms with E-state index in [-0.39, 0.29) is 5.56 Å². The van der Waals surface area contributed by atoms with Crippen molar-refractivity contribution < 1.29 is 0 Å². The SMILES string of the molecule is CCCn1c(SCc2cc(=O)n3ccsc3n2)nnc1-c1cccc(C)c1. The van der Waals surface area contributed by atoms with Crippen molar-refractivity contribution in [1.29, 1.82) is 0 Å². The van der Waals surface area contributed by atoms with Crippen molar-refractivity contribution in [2.45, 2.75) is 37.7 Å². The Balaban J connectivity index is 1.62. The Hall–Kier alpha value is -2.45. The molecule has 0 unspecified atom stereocenters. The number of hydrogen-bond donors (Lipinski definition) is 0. The fourth-order valence-electron chi connectivity index (χ4n) is 2.92. The van der Waals surface area contributed by atoms with Crippen LogP contribution in [0.25, 0.3) is 16.3 Å². The molecule has 0 aliphatic carbocycles. The molecule has 4 rings (SSSR count). The molecule has 0 radical (unpaired) electrons. The van der Waals surface area contributed by atoms with Gasteiger partial charge in [0.15, 0.2) is 15.9 Å². The lowest BCUT2D eigenvalue weighted by atomic mass is 10.1. The molecule has 6 nitrogen and oxygen atoms in total. The van der Waals surface area contributed by atoms with Gasteiger partial charge in [0.05, 0.1) is 5.69 Å². The summed E-state index contributed by atoms with van der Waals surface area (Å²) in [5.74, 6) is 1.46. The average molecular weight is 398 g/mol. The maximum absolute atomic E-state index is 12.1. The van der Waals surface area contributed by atoms with Crippen molar-refractivity contribution in [3.05, 3.63) is 63.5 Å². The fraction of sp³-hybridized carbons (Fsp3) is 0.263. The molecule has 138 valence electrons. The van der Waals surface area contributed by atoms with Crippen LogP contribution in [-0.4, -0.2) is 24.1 Å². The molecule has 3 heterocycles. The minimum absolute atomic E-state index is 0.0488. The summed E-state index contributed by atoms with van der Waals surface area (Å²) >= 11 is 3.02. The van der Waals surface area contributed by atoms with Gasteiger partial charge in [-0.3, -0.25) is 9.20 Å². The fourth-order valence-corrected chi connectivity index (χ4v) is 4.51. The maximum Gasteiger partial charge on any atom is 0.258 e. The van der Waals surface area contributed by atoms with Crippen LogP contribution in [0.1, 0.15) is 24.6 Å². The molecule has 8 heteroatoms. The number of aromatic nitrogens is 5. The average Bonchev–Trinajstić information content (AvgIpc) is 3.28. The first-order valence-electron chi connectivity index (χ1n) is 8.74. The second-order valence-electron chi connectivity index (χ2n) is 6.26. The van der Waals surface area contributed by atoms with Crippen molar-refractivity contribution in [2.75, 3.05) is 0 Å². The predicted octanol–water partition coefficient (Wildman–Crippen LogP) is 4.03. The largest absolute Gasteiger partial charge is 0.302 e. The zero-order valence-electron chi connectivity index (χ0n) is 15.1. The lowest BCUT2D eigenvalue weighted by Crippen LogP contribution is -2.12. The summed E-state index contributed by atoms with van der Waals surface area (Å²) in [6.07, 6.45) is 2.74. The summed E-state index contributed by atoms with van der Waals surface area (Å²) in [4.78, 5) is 17.4. The molecule has 1 aromatic carbocycles. The smallest absolute Gasteiger partial charge is 0.258 e. The van der Waals surface area contributed by atoms with Crippen LogP contribution in [0, 0.1) is 6.92 Å². The first kappa shape index (κ1) is 17.9. The van der Waals surface area contributed by atoms with E-state index in [1.54, 1.807) is 28.4 Å². The van der Waals surface area contributed by atoms with Gasteiger partial charge in [-0.05, 0) is 19.4 Å². The predicted molar refractivity (Wildman–Crippen MR) is 109 cm³/mol. The van der Waals surface area contributed by atoms with Gasteiger partial charge in [-0.2, -0.15) is 0 Å². The monoisotopic (exact) mass is 397 g/mol. The molecular formula is C19H19N5OS2. The van der Waals surface area contributed by atoms with E-state index in [1.165, 1.54) is 16.9 Å². The second kappa shape index (κ2) is 7.66. The van der Waals surface area contributed by atoms with E-state index in [4.69, 9.17) is 0 Å². The van der Waals surface area contributed by atoms with Crippen LogP contribution in [0.15, 0.2) is 51.9 Å². The zero-order valence-corrected chi connectivity index (χ0v) is 16.8. The minimum atomic E-state index is -0.0488. The standard InChI is InChI=1S/C19H19N5OS2/c1-3-7-24-17(14-6-4-5-13(2)10-14)21-22-19(24)27-12-15-11-16(25)23-8-9-26-18(23)20-15/h4-6,8-11H,3,7,12H2,1-2H3. The molecule has 0 amide bonds. The van der Waals surface area contributed by atoms with Gasteiger partial charge in [-0.1, -0.05) is 42.4 Å². The Bertz CT molecular complexity index is 1140. The Morgan fingerprint density at radius 3 is 2.93 bits per heavy atom. The number of rotatable bonds is 6. The van der Waals surface area contributed by atoms with Crippen molar-refractivity contribution in [3.8, 4) is 11.4 Å². The molecule has 0 fully saturated rings. The highest BCUT2D eigenvalue weighted by molar-refractivity contribution is 7.98. The van der Waals surface area contributed by atoms with Gasteiger partial charge in [-0.15, -0.1) is 21.5 Å². The summed E-state index contributed by atoms with van der Waals surface area (Å²) in [5, 5.41) is 11.5. The van der Waals surface area contributed by atoms with E-state index in [0.29, 0.717) is 10.7 Å². The molecule has 0 aliphatic rings. The van der Waals surface area contributed by atoms with Crippen LogP contribution in [0.2, 0.25) is 0 Å². The van der Waals surface area contributed by atoms with E-state index < -0.39 is 0 Å². The van der Waals surface area contributed by atoms with Crippen LogP contribution in [0.3, 0.4) is 0 Å². The first-order chi connectivity index (χ1) is 13.2. The molecule has 0 saturated carbocycles. The second-order valence-corrected chi connectivity index (χ2v) is 8.07. The number of thioether (sulfide) groups is 1. The number of nitrogens with zero attached hydrogens (tertiary/aromatic N) is 5. The van der Waals surface area contributed by atoms with Crippen molar-refractivity contribution in [3.63, 3.8) is 0 Å². The molecule has 3 aromatic heterocycles. The topological polar surface area (TPSA) is 65.1 Å². The van der Waals surface area contributed by atoms with Gasteiger partial charge in [0.25, 0.3) is 5.56 Å². The zero-order chi connectivity index (χ0) is 18.8. The molecule has 0 atom stereocenters. The van der Waals surface area contributed by atoms with E-state index in [2.05, 4.69) is 51.8 Å². The van der Waals surface area contributed by atoms with Gasteiger partial charge < -0.3 is 4.57 Å². The number of thiazole rings is 1. The van der Waals surface area contributed by atoms with Gasteiger partial charge in [0, 0.05) is 35.5 Å². The van der Waals surface area contributed by atoms with E-state index in [0.717, 1.165) is 35.2 Å². The van der Waals surface area contributed by atoms with Crippen molar-refractivity contribution in [1.82, 2.24) is 24.1 Å². The van der Waals surface area contributed by atoms with Gasteiger partial charge in [-0.25, -0.2) is 4.98 Å². The highest BCUT2D eigenvalue weighted by Gasteiger charge is 2.15. The third-order valence-electron chi connectivity index (χ3n) is 4.15. The van der Waals surface area contributed by atoms with Gasteiger partial charge in [0.2, 0.25) is 0 Å². The van der Waals surface area contributed by atoms with Gasteiger partial charge >= 0.3 is 0 Å². The lowest BCUT2D eigenvalue weighted by molar-refractivity contribution is 0.626. The molecule has 4 aromatic rings. The molecule has 0 saturated heterocycles. The van der Waals surface area contributed by atoms with E-state index >= 15 is 0 Å². The third-order valence-corrected chi connectivity index (χ3v) is 5.90. The van der Waals surface area contributed by atoms with E-state index in [9.17, 15) is 4.79 Å². The minimum Gasteiger partial charge on any atom is -0.302 e. The lowest BCUT2D eigenvalue weighted by Gasteiger charge is -2.09. The summed E-state index contributed by atoms with van der Waals surface area (Å²) < 4.78 is 3.71. The van der Waals surface area contributed by atoms with Crippen LogP contribution < -0.4 is 5.56 Å². The summed E-state index contributed by atoms with van der Waals surface area (Å²) in [5.41, 5.74) is 2.98. The Kier molecular flexibility index (Phi) is 5.09. The highest BCUT2D eigenvalue weighted by atomic mass is 32.2. The summed E-state index contributed by atoms with van der Waals surface area (Å²) in [7, 11) is 0. The van der Waals surface area contributed by atoms with Crippen LogP contribution in [0.5, 0.6) is 0 Å². The van der Waals surface area contributed by atoms with Gasteiger partial charge in [0.1, 0.15) is 0 Å². The maximum atomic E-state index is 12.1. The Morgan fingerprint density at radius 2 is 2.11 bits per heavy atom. The first-order valence-corrected chi connectivity index (χ1v) is 10.6. The molecule has 0 N–H and O–H groups in total. The molecule has 27 heavy (non-hydrogen) atoms. The number of benzene rings is 1. The van der Waals surface area contributed by atoms with Crippen molar-refractivity contribution in [2.24, 2.45) is 0 Å². The van der Waals surface area contributed by atoms with Crippen LogP contribution >= 0.6 is 23.1 Å².